The van der Waals surface area contributed by atoms with Crippen LogP contribution in [0, 0.1) is 0 Å². The molecule has 3 rings (SSSR count). The first kappa shape index (κ1) is 16.5. The summed E-state index contributed by atoms with van der Waals surface area (Å²) in [6.07, 6.45) is 1.94. The first-order chi connectivity index (χ1) is 11.4. The molecule has 6 nitrogen and oxygen atoms in total. The van der Waals surface area contributed by atoms with Crippen LogP contribution in [0.15, 0.2) is 58.3 Å². The van der Waals surface area contributed by atoms with E-state index in [4.69, 9.17) is 0 Å². The lowest BCUT2D eigenvalue weighted by atomic mass is 10.2. The highest BCUT2D eigenvalue weighted by atomic mass is 32.2. The van der Waals surface area contributed by atoms with Crippen LogP contribution in [0.3, 0.4) is 0 Å². The highest BCUT2D eigenvalue weighted by molar-refractivity contribution is 7.98. The van der Waals surface area contributed by atoms with Gasteiger partial charge in [0.05, 0.1) is 5.56 Å². The smallest absolute Gasteiger partial charge is 0.269 e. The van der Waals surface area contributed by atoms with Gasteiger partial charge in [0.2, 0.25) is 5.91 Å². The summed E-state index contributed by atoms with van der Waals surface area (Å²) < 4.78 is 25.4. The first-order valence-corrected chi connectivity index (χ1v) is 9.70. The number of carbonyl (C=O) groups is 2. The molecular formula is C16H14N2O4S2. The Morgan fingerprint density at radius 3 is 2.42 bits per heavy atom. The van der Waals surface area contributed by atoms with Gasteiger partial charge < -0.3 is 5.32 Å². The van der Waals surface area contributed by atoms with Gasteiger partial charge in [-0.25, -0.2) is 12.7 Å². The van der Waals surface area contributed by atoms with E-state index in [0.717, 1.165) is 4.90 Å². The summed E-state index contributed by atoms with van der Waals surface area (Å²) in [5.74, 6) is -1.25. The van der Waals surface area contributed by atoms with Crippen molar-refractivity contribution in [3.8, 4) is 0 Å². The molecule has 0 fully saturated rings. The summed E-state index contributed by atoms with van der Waals surface area (Å²) >= 11 is 1.57. The number of benzene rings is 2. The summed E-state index contributed by atoms with van der Waals surface area (Å²) in [4.78, 5) is 25.4. The van der Waals surface area contributed by atoms with Crippen LogP contribution in [-0.2, 0) is 14.8 Å². The molecule has 0 unspecified atom stereocenters. The molecule has 2 aromatic carbocycles. The number of amides is 2. The molecule has 1 N–H and O–H groups in total. The van der Waals surface area contributed by atoms with E-state index < -0.39 is 28.4 Å². The molecule has 2 amide bonds. The fourth-order valence-corrected chi connectivity index (χ4v) is 4.33. The summed E-state index contributed by atoms with van der Waals surface area (Å²) in [5.41, 5.74) is 0.633. The second kappa shape index (κ2) is 6.29. The van der Waals surface area contributed by atoms with Crippen molar-refractivity contribution < 1.29 is 18.0 Å². The molecule has 1 aliphatic rings. The number of nitrogens with zero attached hydrogens (tertiary/aromatic N) is 1. The van der Waals surface area contributed by atoms with E-state index in [0.29, 0.717) is 9.99 Å². The summed E-state index contributed by atoms with van der Waals surface area (Å²) in [7, 11) is -3.97. The van der Waals surface area contributed by atoms with Crippen LogP contribution in [-0.4, -0.2) is 37.3 Å². The van der Waals surface area contributed by atoms with E-state index in [1.54, 1.807) is 36.0 Å². The minimum atomic E-state index is -3.97. The van der Waals surface area contributed by atoms with Crippen LogP contribution >= 0.6 is 11.8 Å². The Balaban J connectivity index is 1.76. The molecule has 124 valence electrons. The van der Waals surface area contributed by atoms with Gasteiger partial charge in [0, 0.05) is 10.6 Å². The summed E-state index contributed by atoms with van der Waals surface area (Å²) in [6.45, 7) is -0.555. The highest BCUT2D eigenvalue weighted by Gasteiger charge is 2.41. The molecule has 0 aromatic heterocycles. The lowest BCUT2D eigenvalue weighted by Gasteiger charge is -2.14. The number of carbonyl (C=O) groups excluding carboxylic acids is 2. The van der Waals surface area contributed by atoms with Crippen molar-refractivity contribution in [3.05, 3.63) is 54.1 Å². The van der Waals surface area contributed by atoms with Crippen molar-refractivity contribution in [2.24, 2.45) is 0 Å². The largest absolute Gasteiger partial charge is 0.325 e. The van der Waals surface area contributed by atoms with Gasteiger partial charge in [-0.15, -0.1) is 11.8 Å². The molecule has 1 aliphatic heterocycles. The van der Waals surface area contributed by atoms with Gasteiger partial charge in [0.25, 0.3) is 15.9 Å². The second-order valence-electron chi connectivity index (χ2n) is 5.09. The number of hydrogen-bond donors (Lipinski definition) is 1. The topological polar surface area (TPSA) is 83.6 Å². The molecule has 0 bridgehead atoms. The highest BCUT2D eigenvalue weighted by Crippen LogP contribution is 2.29. The minimum Gasteiger partial charge on any atom is -0.325 e. The Bertz CT molecular complexity index is 908. The molecule has 1 heterocycles. The van der Waals surface area contributed by atoms with Crippen molar-refractivity contribution in [3.63, 3.8) is 0 Å². The zero-order valence-electron chi connectivity index (χ0n) is 12.7. The standard InChI is InChI=1S/C16H14N2O4S2/c1-23-12-8-6-11(7-9-12)17-15(19)10-18-16(20)13-4-2-3-5-14(13)24(18,21)22/h2-9H,10H2,1H3,(H,17,19). The number of nitrogens with one attached hydrogen (secondary N) is 1. The Kier molecular flexibility index (Phi) is 4.33. The number of anilines is 1. The third-order valence-corrected chi connectivity index (χ3v) is 6.10. The normalized spacial score (nSPS) is 15.2. The Hall–Kier alpha value is -2.32. The van der Waals surface area contributed by atoms with Crippen LogP contribution in [0.4, 0.5) is 5.69 Å². The van der Waals surface area contributed by atoms with E-state index >= 15 is 0 Å². The average molecular weight is 362 g/mol. The van der Waals surface area contributed by atoms with Gasteiger partial charge in [-0.05, 0) is 42.7 Å². The van der Waals surface area contributed by atoms with E-state index in [-0.39, 0.29) is 10.5 Å². The van der Waals surface area contributed by atoms with Crippen molar-refractivity contribution in [1.29, 1.82) is 0 Å². The number of hydrogen-bond acceptors (Lipinski definition) is 5. The lowest BCUT2D eigenvalue weighted by Crippen LogP contribution is -2.37. The molecule has 0 saturated carbocycles. The maximum absolute atomic E-state index is 12.4. The van der Waals surface area contributed by atoms with Crippen LogP contribution in [0.2, 0.25) is 0 Å². The third kappa shape index (κ3) is 2.90. The number of rotatable bonds is 4. The third-order valence-electron chi connectivity index (χ3n) is 3.57. The van der Waals surface area contributed by atoms with Gasteiger partial charge in [-0.2, -0.15) is 0 Å². The van der Waals surface area contributed by atoms with Gasteiger partial charge in [0.1, 0.15) is 11.4 Å². The molecule has 0 spiro atoms. The minimum absolute atomic E-state index is 0.0628. The predicted molar refractivity (Wildman–Crippen MR) is 91.5 cm³/mol. The molecule has 8 heteroatoms. The van der Waals surface area contributed by atoms with Gasteiger partial charge in [-0.3, -0.25) is 9.59 Å². The van der Waals surface area contributed by atoms with Crippen molar-refractivity contribution in [2.75, 3.05) is 18.1 Å². The van der Waals surface area contributed by atoms with Gasteiger partial charge >= 0.3 is 0 Å². The SMILES string of the molecule is CSc1ccc(NC(=O)CN2C(=O)c3ccccc3S2(=O)=O)cc1. The van der Waals surface area contributed by atoms with Crippen molar-refractivity contribution in [1.82, 2.24) is 4.31 Å². The molecule has 0 atom stereocenters. The van der Waals surface area contributed by atoms with Gasteiger partial charge in [-0.1, -0.05) is 12.1 Å². The Morgan fingerprint density at radius 2 is 1.79 bits per heavy atom. The quantitative estimate of drug-likeness (QED) is 0.843. The maximum atomic E-state index is 12.4. The molecule has 0 saturated heterocycles. The molecule has 24 heavy (non-hydrogen) atoms. The van der Waals surface area contributed by atoms with E-state index in [9.17, 15) is 18.0 Å². The van der Waals surface area contributed by atoms with Crippen LogP contribution < -0.4 is 5.32 Å². The average Bonchev–Trinajstić information content (AvgIpc) is 2.77. The van der Waals surface area contributed by atoms with Crippen LogP contribution in [0.1, 0.15) is 10.4 Å². The number of fused-ring (bicyclic) bond motifs is 1. The molecular weight excluding hydrogens is 348 g/mol. The fourth-order valence-electron chi connectivity index (χ4n) is 2.39. The molecule has 0 aliphatic carbocycles. The Morgan fingerprint density at radius 1 is 1.12 bits per heavy atom. The zero-order chi connectivity index (χ0) is 17.3. The predicted octanol–water partition coefficient (Wildman–Crippen LogP) is 2.19. The van der Waals surface area contributed by atoms with Crippen LogP contribution in [0.5, 0.6) is 0 Å². The van der Waals surface area contributed by atoms with Crippen LogP contribution in [0.25, 0.3) is 0 Å². The monoisotopic (exact) mass is 362 g/mol. The Labute approximate surface area is 143 Å². The van der Waals surface area contributed by atoms with Crippen molar-refractivity contribution in [2.45, 2.75) is 9.79 Å². The molecule has 0 radical (unpaired) electrons. The second-order valence-corrected chi connectivity index (χ2v) is 7.80. The maximum Gasteiger partial charge on any atom is 0.269 e. The van der Waals surface area contributed by atoms with Gasteiger partial charge in [0.15, 0.2) is 0 Å². The summed E-state index contributed by atoms with van der Waals surface area (Å²) in [5, 5.41) is 2.60. The number of sulfonamides is 1. The van der Waals surface area contributed by atoms with E-state index in [1.165, 1.54) is 12.1 Å². The zero-order valence-corrected chi connectivity index (χ0v) is 14.4. The lowest BCUT2D eigenvalue weighted by molar-refractivity contribution is -0.116. The first-order valence-electron chi connectivity index (χ1n) is 7.03. The fraction of sp³-hybridized carbons (Fsp3) is 0.125. The van der Waals surface area contributed by atoms with E-state index in [2.05, 4.69) is 5.32 Å². The molecule has 2 aromatic rings. The van der Waals surface area contributed by atoms with Crippen molar-refractivity contribution >= 4 is 39.3 Å². The van der Waals surface area contributed by atoms with E-state index in [1.807, 2.05) is 18.4 Å². The number of thioether (sulfide) groups is 1. The summed E-state index contributed by atoms with van der Waals surface area (Å²) in [6, 6.07) is 13.1.